The quantitative estimate of drug-likeness (QED) is 0.486. The fourth-order valence-electron chi connectivity index (χ4n) is 3.81. The number of halogens is 4. The maximum absolute atomic E-state index is 13.0. The number of thiazole rings is 1. The minimum Gasteiger partial charge on any atom is -0.347 e. The highest BCUT2D eigenvalue weighted by Gasteiger charge is 2.35. The average molecular weight is 492 g/mol. The molecule has 1 aromatic heterocycles. The summed E-state index contributed by atoms with van der Waals surface area (Å²) in [5.41, 5.74) is 1.18. The Morgan fingerprint density at radius 3 is 2.41 bits per heavy atom. The number of nitrogens with zero attached hydrogens (tertiary/aromatic N) is 2. The van der Waals surface area contributed by atoms with Crippen LogP contribution in [0.5, 0.6) is 0 Å². The molecule has 0 radical (unpaired) electrons. The molecule has 5 nitrogen and oxygen atoms in total. The lowest BCUT2D eigenvalue weighted by atomic mass is 9.97. The van der Waals surface area contributed by atoms with Gasteiger partial charge in [-0.3, -0.25) is 14.5 Å². The van der Waals surface area contributed by atoms with E-state index in [0.29, 0.717) is 40.7 Å². The molecular formula is C24H21F4N3O2S. The van der Waals surface area contributed by atoms with E-state index in [0.717, 1.165) is 29.0 Å². The van der Waals surface area contributed by atoms with Gasteiger partial charge in [-0.15, -0.1) is 0 Å². The molecule has 1 saturated heterocycles. The molecule has 1 fully saturated rings. The summed E-state index contributed by atoms with van der Waals surface area (Å²) in [4.78, 5) is 31.9. The molecule has 3 aromatic rings. The zero-order chi connectivity index (χ0) is 24.5. The van der Waals surface area contributed by atoms with Crippen molar-refractivity contribution in [3.05, 3.63) is 81.6 Å². The number of aromatic nitrogens is 1. The molecule has 1 aliphatic heterocycles. The number of amides is 2. The molecule has 4 rings (SSSR count). The number of nitrogens with one attached hydrogen (secondary N) is 1. The number of rotatable bonds is 6. The zero-order valence-electron chi connectivity index (χ0n) is 18.2. The third kappa shape index (κ3) is 5.27. The smallest absolute Gasteiger partial charge is 0.347 e. The van der Waals surface area contributed by atoms with E-state index in [1.54, 1.807) is 19.1 Å². The number of carbonyl (C=O) groups is 2. The summed E-state index contributed by atoms with van der Waals surface area (Å²) in [5.74, 6) is -1.22. The molecule has 1 N–H and O–H groups in total. The molecule has 10 heteroatoms. The van der Waals surface area contributed by atoms with Gasteiger partial charge in [-0.2, -0.15) is 13.2 Å². The summed E-state index contributed by atoms with van der Waals surface area (Å²) in [6.07, 6.45) is -3.52. The monoisotopic (exact) mass is 491 g/mol. The van der Waals surface area contributed by atoms with Crippen LogP contribution in [-0.4, -0.2) is 23.3 Å². The van der Waals surface area contributed by atoms with Crippen molar-refractivity contribution < 1.29 is 27.2 Å². The number of hydrogen-bond acceptors (Lipinski definition) is 4. The summed E-state index contributed by atoms with van der Waals surface area (Å²) in [7, 11) is 0. The normalized spacial score (nSPS) is 16.2. The van der Waals surface area contributed by atoms with Crippen molar-refractivity contribution in [2.45, 2.75) is 32.5 Å². The number of alkyl halides is 3. The Balaban J connectivity index is 1.39. The standard InChI is InChI=1S/C24H21F4N3O2S/c1-14-20(21(32)29-13-16-4-8-19(25)9-5-16)34-23(30-14)31-11-10-17(22(31)33)12-15-2-6-18(7-3-15)24(26,27)28/h2-9,17H,10-13H2,1H3,(H,29,32). The van der Waals surface area contributed by atoms with Gasteiger partial charge in [0.2, 0.25) is 5.91 Å². The van der Waals surface area contributed by atoms with E-state index in [2.05, 4.69) is 10.3 Å². The van der Waals surface area contributed by atoms with E-state index in [-0.39, 0.29) is 30.1 Å². The Hall–Kier alpha value is -3.27. The van der Waals surface area contributed by atoms with Crippen LogP contribution in [-0.2, 0) is 23.9 Å². The maximum Gasteiger partial charge on any atom is 0.416 e. The van der Waals surface area contributed by atoms with E-state index < -0.39 is 11.7 Å². The van der Waals surface area contributed by atoms with Gasteiger partial charge in [-0.05, 0) is 55.2 Å². The Morgan fingerprint density at radius 1 is 1.12 bits per heavy atom. The van der Waals surface area contributed by atoms with Crippen molar-refractivity contribution in [1.82, 2.24) is 10.3 Å². The Bertz CT molecular complexity index is 1190. The molecule has 1 aliphatic rings. The van der Waals surface area contributed by atoms with Gasteiger partial charge in [-0.1, -0.05) is 35.6 Å². The van der Waals surface area contributed by atoms with Crippen molar-refractivity contribution in [3.63, 3.8) is 0 Å². The van der Waals surface area contributed by atoms with Crippen LogP contribution in [0, 0.1) is 18.7 Å². The van der Waals surface area contributed by atoms with E-state index >= 15 is 0 Å². The first-order chi connectivity index (χ1) is 16.1. The molecule has 34 heavy (non-hydrogen) atoms. The van der Waals surface area contributed by atoms with Gasteiger partial charge >= 0.3 is 6.18 Å². The van der Waals surface area contributed by atoms with Gasteiger partial charge in [0, 0.05) is 19.0 Å². The minimum atomic E-state index is -4.40. The molecule has 2 heterocycles. The van der Waals surface area contributed by atoms with Crippen LogP contribution in [0.4, 0.5) is 22.7 Å². The molecule has 1 atom stereocenters. The molecule has 0 spiro atoms. The van der Waals surface area contributed by atoms with Crippen LogP contribution in [0.2, 0.25) is 0 Å². The predicted molar refractivity (Wildman–Crippen MR) is 120 cm³/mol. The summed E-state index contributed by atoms with van der Waals surface area (Å²) < 4.78 is 51.3. The molecular weight excluding hydrogens is 470 g/mol. The van der Waals surface area contributed by atoms with E-state index in [4.69, 9.17) is 0 Å². The van der Waals surface area contributed by atoms with Crippen molar-refractivity contribution >= 4 is 28.3 Å². The van der Waals surface area contributed by atoms with Crippen molar-refractivity contribution in [2.24, 2.45) is 5.92 Å². The largest absolute Gasteiger partial charge is 0.416 e. The Labute approximate surface area is 197 Å². The second-order valence-electron chi connectivity index (χ2n) is 8.09. The molecule has 1 unspecified atom stereocenters. The first kappa shape index (κ1) is 23.9. The molecule has 0 saturated carbocycles. The van der Waals surface area contributed by atoms with Crippen molar-refractivity contribution in [1.29, 1.82) is 0 Å². The number of hydrogen-bond donors (Lipinski definition) is 1. The van der Waals surface area contributed by atoms with Crippen LogP contribution in [0.25, 0.3) is 0 Å². The molecule has 0 bridgehead atoms. The highest BCUT2D eigenvalue weighted by Crippen LogP contribution is 2.33. The highest BCUT2D eigenvalue weighted by molar-refractivity contribution is 7.17. The zero-order valence-corrected chi connectivity index (χ0v) is 19.0. The second kappa shape index (κ2) is 9.54. The van der Waals surface area contributed by atoms with Crippen LogP contribution < -0.4 is 10.2 Å². The molecule has 2 amide bonds. The number of carbonyl (C=O) groups excluding carboxylic acids is 2. The second-order valence-corrected chi connectivity index (χ2v) is 9.07. The fraction of sp³-hybridized carbons (Fsp3) is 0.292. The maximum atomic E-state index is 13.0. The third-order valence-electron chi connectivity index (χ3n) is 5.67. The summed E-state index contributed by atoms with van der Waals surface area (Å²) in [6.45, 7) is 2.34. The minimum absolute atomic E-state index is 0.160. The molecule has 178 valence electrons. The van der Waals surface area contributed by atoms with Gasteiger partial charge in [0.05, 0.1) is 11.3 Å². The lowest BCUT2D eigenvalue weighted by Crippen LogP contribution is -2.27. The van der Waals surface area contributed by atoms with Crippen LogP contribution in [0.15, 0.2) is 48.5 Å². The summed E-state index contributed by atoms with van der Waals surface area (Å²) in [5, 5.41) is 3.19. The van der Waals surface area contributed by atoms with Gasteiger partial charge in [0.1, 0.15) is 10.7 Å². The van der Waals surface area contributed by atoms with Gasteiger partial charge in [-0.25, -0.2) is 9.37 Å². The number of aryl methyl sites for hydroxylation is 1. The van der Waals surface area contributed by atoms with Crippen LogP contribution in [0.1, 0.15) is 38.5 Å². The molecule has 0 aliphatic carbocycles. The van der Waals surface area contributed by atoms with E-state index in [1.807, 2.05) is 0 Å². The lowest BCUT2D eigenvalue weighted by Gasteiger charge is -2.13. The van der Waals surface area contributed by atoms with Gasteiger partial charge < -0.3 is 5.32 Å². The summed E-state index contributed by atoms with van der Waals surface area (Å²) >= 11 is 1.12. The van der Waals surface area contributed by atoms with Crippen LogP contribution in [0.3, 0.4) is 0 Å². The van der Waals surface area contributed by atoms with Crippen molar-refractivity contribution in [3.8, 4) is 0 Å². The fourth-order valence-corrected chi connectivity index (χ4v) is 4.82. The number of benzene rings is 2. The van der Waals surface area contributed by atoms with E-state index in [1.165, 1.54) is 29.2 Å². The SMILES string of the molecule is Cc1nc(N2CCC(Cc3ccc(C(F)(F)F)cc3)C2=O)sc1C(=O)NCc1ccc(F)cc1. The summed E-state index contributed by atoms with van der Waals surface area (Å²) in [6, 6.07) is 10.6. The van der Waals surface area contributed by atoms with Gasteiger partial charge in [0.15, 0.2) is 5.13 Å². The number of anilines is 1. The Kier molecular flexibility index (Phi) is 6.70. The topological polar surface area (TPSA) is 62.3 Å². The van der Waals surface area contributed by atoms with E-state index in [9.17, 15) is 27.2 Å². The highest BCUT2D eigenvalue weighted by atomic mass is 32.1. The first-order valence-electron chi connectivity index (χ1n) is 10.6. The first-order valence-corrected chi connectivity index (χ1v) is 11.4. The average Bonchev–Trinajstić information content (AvgIpc) is 3.35. The Morgan fingerprint density at radius 2 is 1.76 bits per heavy atom. The van der Waals surface area contributed by atoms with Crippen LogP contribution >= 0.6 is 11.3 Å². The van der Waals surface area contributed by atoms with Gasteiger partial charge in [0.25, 0.3) is 5.91 Å². The lowest BCUT2D eigenvalue weighted by molar-refractivity contribution is -0.137. The predicted octanol–water partition coefficient (Wildman–Crippen LogP) is 5.14. The molecule has 2 aromatic carbocycles. The third-order valence-corrected chi connectivity index (χ3v) is 6.85. The van der Waals surface area contributed by atoms with Crippen molar-refractivity contribution in [2.75, 3.05) is 11.4 Å².